The van der Waals surface area contributed by atoms with Crippen LogP contribution in [0.5, 0.6) is 0 Å². The lowest BCUT2D eigenvalue weighted by Gasteiger charge is -2.31. The highest BCUT2D eigenvalue weighted by Crippen LogP contribution is 2.60. The van der Waals surface area contributed by atoms with Gasteiger partial charge in [-0.15, -0.1) is 5.10 Å². The van der Waals surface area contributed by atoms with E-state index >= 15 is 4.11 Å². The molecule has 2 aliphatic heterocycles. The molecule has 3 heterocycles. The van der Waals surface area contributed by atoms with Crippen LogP contribution in [-0.4, -0.2) is 53.0 Å². The summed E-state index contributed by atoms with van der Waals surface area (Å²) >= 11 is 0. The molecular weight excluding hydrogens is 589 g/mol. The van der Waals surface area contributed by atoms with Crippen molar-refractivity contribution in [1.82, 2.24) is 15.0 Å². The summed E-state index contributed by atoms with van der Waals surface area (Å²) in [5.41, 5.74) is 2.62. The lowest BCUT2D eigenvalue weighted by Crippen LogP contribution is -2.45. The van der Waals surface area contributed by atoms with Gasteiger partial charge in [-0.1, -0.05) is 60.7 Å². The molecule has 1 fully saturated rings. The normalized spacial score (nSPS) is 22.6. The second-order valence-electron chi connectivity index (χ2n) is 12.4. The molecule has 1 aromatic heterocycles. The molecule has 11 heteroatoms. The van der Waals surface area contributed by atoms with Gasteiger partial charge in [0.1, 0.15) is 0 Å². The molecule has 0 aliphatic carbocycles. The number of carbonyl (C=O) groups excluding carboxylic acids is 2. The summed E-state index contributed by atoms with van der Waals surface area (Å²) in [5.74, 6) is -0.766. The minimum Gasteiger partial charge on any atom is -0.396 e. The predicted molar refractivity (Wildman–Crippen MR) is 172 cm³/mol. The fourth-order valence-electron chi connectivity index (χ4n) is 7.03. The van der Waals surface area contributed by atoms with Gasteiger partial charge in [0.2, 0.25) is 8.41 Å². The van der Waals surface area contributed by atoms with E-state index in [1.54, 1.807) is 41.0 Å². The van der Waals surface area contributed by atoms with Crippen molar-refractivity contribution in [3.8, 4) is 0 Å². The number of rotatable bonds is 10. The number of carbonyl (C=O) groups is 2. The Bertz CT molecular complexity index is 1680. The first-order chi connectivity index (χ1) is 21.6. The third-order valence-corrected chi connectivity index (χ3v) is 11.5. The summed E-state index contributed by atoms with van der Waals surface area (Å²) in [6, 6.07) is 24.1. The molecule has 4 atom stereocenters. The number of nitrogens with zero attached hydrogens (tertiary/aromatic N) is 4. The summed E-state index contributed by atoms with van der Waals surface area (Å²) in [6.07, 6.45) is 2.19. The molecule has 6 rings (SSSR count). The minimum absolute atomic E-state index is 0.0127. The fraction of sp³-hybridized carbons (Fsp3) is 0.353. The maximum atomic E-state index is 16.1. The third-order valence-electron chi connectivity index (χ3n) is 9.05. The van der Waals surface area contributed by atoms with Crippen molar-refractivity contribution < 1.29 is 23.5 Å². The average molecular weight is 628 g/mol. The molecule has 9 nitrogen and oxygen atoms in total. The van der Waals surface area contributed by atoms with Crippen LogP contribution in [0.1, 0.15) is 40.5 Å². The predicted octanol–water partition coefficient (Wildman–Crippen LogP) is 5.48. The molecule has 2 aliphatic rings. The van der Waals surface area contributed by atoms with Crippen LogP contribution >= 0.6 is 0 Å². The number of amides is 2. The van der Waals surface area contributed by atoms with Crippen LogP contribution in [0.3, 0.4) is 0 Å². The summed E-state index contributed by atoms with van der Waals surface area (Å²) in [6.45, 7) is 6.09. The second-order valence-corrected chi connectivity index (χ2v) is 16.2. The number of fused-ring (bicyclic) bond motifs is 2. The highest BCUT2D eigenvalue weighted by atomic mass is 28.4. The largest absolute Gasteiger partial charge is 0.396 e. The van der Waals surface area contributed by atoms with Crippen molar-refractivity contribution in [3.05, 3.63) is 107 Å². The topological polar surface area (TPSA) is 110 Å². The van der Waals surface area contributed by atoms with Crippen LogP contribution in [0.25, 0.3) is 0 Å². The average Bonchev–Trinajstić information content (AvgIpc) is 3.67. The Morgan fingerprint density at radius 3 is 2.49 bits per heavy atom. The summed E-state index contributed by atoms with van der Waals surface area (Å²) in [7, 11) is -3.29. The maximum Gasteiger partial charge on any atom is 0.264 e. The zero-order valence-electron chi connectivity index (χ0n) is 25.7. The van der Waals surface area contributed by atoms with E-state index in [1.165, 1.54) is 0 Å². The molecule has 2 N–H and O–H groups in total. The zero-order chi connectivity index (χ0) is 31.8. The van der Waals surface area contributed by atoms with E-state index in [0.717, 1.165) is 16.8 Å². The van der Waals surface area contributed by atoms with E-state index in [9.17, 15) is 14.7 Å². The van der Waals surface area contributed by atoms with Crippen LogP contribution in [0.4, 0.5) is 15.5 Å². The highest BCUT2D eigenvalue weighted by Gasteiger charge is 2.66. The van der Waals surface area contributed by atoms with Crippen molar-refractivity contribution in [2.45, 2.75) is 63.2 Å². The van der Waals surface area contributed by atoms with Crippen LogP contribution < -0.4 is 10.2 Å². The van der Waals surface area contributed by atoms with Crippen molar-refractivity contribution in [1.29, 1.82) is 0 Å². The van der Waals surface area contributed by atoms with Crippen LogP contribution in [0.2, 0.25) is 18.6 Å². The van der Waals surface area contributed by atoms with Gasteiger partial charge in [-0.2, -0.15) is 0 Å². The van der Waals surface area contributed by atoms with Gasteiger partial charge in [0.25, 0.3) is 11.8 Å². The SMILES string of the molecule is C[C@@H]1[C@@H]([Si](C)(C)F)[C@H](CCn2cc(CCO)nn2)O[C@@]12C(=O)N(Cc1ccc(NC(=O)c3ccccc3)cc1)c1ccccc12. The quantitative estimate of drug-likeness (QED) is 0.178. The summed E-state index contributed by atoms with van der Waals surface area (Å²) < 4.78 is 24.6. The van der Waals surface area contributed by atoms with Crippen molar-refractivity contribution in [2.75, 3.05) is 16.8 Å². The molecule has 1 spiro atoms. The third kappa shape index (κ3) is 5.83. The molecule has 234 valence electrons. The lowest BCUT2D eigenvalue weighted by molar-refractivity contribution is -0.146. The van der Waals surface area contributed by atoms with E-state index in [1.807, 2.05) is 73.7 Å². The Balaban J connectivity index is 1.24. The number of hydrogen-bond acceptors (Lipinski definition) is 6. The first-order valence-electron chi connectivity index (χ1n) is 15.3. The van der Waals surface area contributed by atoms with E-state index in [-0.39, 0.29) is 24.3 Å². The molecule has 4 aromatic rings. The molecule has 0 bridgehead atoms. The minimum atomic E-state index is -3.29. The van der Waals surface area contributed by atoms with Crippen molar-refractivity contribution in [2.24, 2.45) is 5.92 Å². The molecule has 45 heavy (non-hydrogen) atoms. The van der Waals surface area contributed by atoms with Gasteiger partial charge in [0, 0.05) is 54.0 Å². The molecule has 1 saturated heterocycles. The van der Waals surface area contributed by atoms with Gasteiger partial charge < -0.3 is 24.2 Å². The first-order valence-corrected chi connectivity index (χ1v) is 18.3. The number of nitrogens with one attached hydrogen (secondary N) is 1. The molecule has 0 radical (unpaired) electrons. The van der Waals surface area contributed by atoms with E-state index in [2.05, 4.69) is 15.6 Å². The van der Waals surface area contributed by atoms with E-state index in [0.29, 0.717) is 42.9 Å². The number of aryl methyl sites for hydroxylation is 1. The Labute approximate surface area is 263 Å². The number of ether oxygens (including phenoxy) is 1. The number of hydrogen-bond donors (Lipinski definition) is 2. The zero-order valence-corrected chi connectivity index (χ0v) is 26.7. The molecule has 2 amide bonds. The second kappa shape index (κ2) is 12.3. The van der Waals surface area contributed by atoms with E-state index < -0.39 is 25.7 Å². The number of benzene rings is 3. The van der Waals surface area contributed by atoms with Crippen LogP contribution in [0, 0.1) is 5.92 Å². The monoisotopic (exact) mass is 627 g/mol. The standard InChI is InChI=1S/C34H38FN5O4Si/c1-23-31(45(2,3)35)30(17-19-39-22-27(18-20-41)37-38-39)44-34(23)28-11-7-8-12-29(28)40(33(34)43)21-24-13-15-26(16-14-24)36-32(42)25-9-5-4-6-10-25/h4-16,22-23,30-31,41H,17-21H2,1-3H3,(H,36,42)/t23-,30+,31-,34+/m1/s1. The van der Waals surface area contributed by atoms with Crippen LogP contribution in [-0.2, 0) is 34.6 Å². The Kier molecular flexibility index (Phi) is 8.42. The Morgan fingerprint density at radius 1 is 1.07 bits per heavy atom. The highest BCUT2D eigenvalue weighted by molar-refractivity contribution is 6.72. The van der Waals surface area contributed by atoms with Crippen LogP contribution in [0.15, 0.2) is 85.1 Å². The van der Waals surface area contributed by atoms with Gasteiger partial charge in [0.15, 0.2) is 5.60 Å². The smallest absolute Gasteiger partial charge is 0.264 e. The van der Waals surface area contributed by atoms with E-state index in [4.69, 9.17) is 4.74 Å². The maximum absolute atomic E-state index is 16.1. The fourth-order valence-corrected chi connectivity index (χ4v) is 9.58. The number of aromatic nitrogens is 3. The summed E-state index contributed by atoms with van der Waals surface area (Å²) in [4.78, 5) is 28.9. The van der Waals surface area contributed by atoms with Crippen molar-refractivity contribution in [3.63, 3.8) is 0 Å². The molecule has 0 unspecified atom stereocenters. The van der Waals surface area contributed by atoms with Gasteiger partial charge in [-0.05, 0) is 55.4 Å². The Morgan fingerprint density at radius 2 is 1.78 bits per heavy atom. The van der Waals surface area contributed by atoms with Crippen molar-refractivity contribution >= 4 is 31.6 Å². The number of halogens is 1. The molecule has 0 saturated carbocycles. The number of aliphatic hydroxyl groups is 1. The lowest BCUT2D eigenvalue weighted by atomic mass is 9.82. The van der Waals surface area contributed by atoms with Gasteiger partial charge >= 0.3 is 0 Å². The summed E-state index contributed by atoms with van der Waals surface area (Å²) in [5, 5.41) is 20.4. The first kappa shape index (κ1) is 30.8. The van der Waals surface area contributed by atoms with Gasteiger partial charge in [-0.3, -0.25) is 14.3 Å². The Hall–Kier alpha value is -4.19. The molecule has 3 aromatic carbocycles. The molecular formula is C34H38FN5O4Si. The van der Waals surface area contributed by atoms with Gasteiger partial charge in [0.05, 0.1) is 24.0 Å². The number of para-hydroxylation sites is 1. The number of anilines is 2. The number of aliphatic hydroxyl groups excluding tert-OH is 1. The van der Waals surface area contributed by atoms with Gasteiger partial charge in [-0.25, -0.2) is 0 Å².